The molecule has 24 heteroatoms. The summed E-state index contributed by atoms with van der Waals surface area (Å²) >= 11 is 14.3. The van der Waals surface area contributed by atoms with Gasteiger partial charge in [-0.25, -0.2) is 33.5 Å². The van der Waals surface area contributed by atoms with E-state index in [4.69, 9.17) is 44.9 Å². The second-order valence-corrected chi connectivity index (χ2v) is 16.3. The van der Waals surface area contributed by atoms with Gasteiger partial charge in [0.15, 0.2) is 35.7 Å². The summed E-state index contributed by atoms with van der Waals surface area (Å²) in [6.07, 6.45) is -7.36. The number of aliphatic hydroxyl groups is 1. The summed E-state index contributed by atoms with van der Waals surface area (Å²) < 4.78 is 79.3. The number of anilines is 1. The minimum atomic E-state index is -4.41. The summed E-state index contributed by atoms with van der Waals surface area (Å²) in [4.78, 5) is 31.0. The highest BCUT2D eigenvalue weighted by molar-refractivity contribution is 8.44. The number of aliphatic hydroxyl groups excluding tert-OH is 1. The molecule has 0 spiro atoms. The molecule has 4 aromatic rings. The first-order chi connectivity index (χ1) is 21.3. The Morgan fingerprint density at radius 3 is 2.44 bits per heavy atom. The highest BCUT2D eigenvalue weighted by Crippen LogP contribution is 2.60. The standard InChI is InChI=1S/C21H22ClFN8O10P2S2/c22-7-1-30(17-10(7)19(33)28-5-26-17)21-15-13(32)8(38-21)2-36-42(34,44)40-14-9(3-37-43(35,45)41-15)39-20(11(14)23)31-6-29-12-16(24)25-4-27-18(12)31/h1,4-6,8-9,11,13-15,20-21,32H,2-3H2,(H,34,44)(H,35,45)(H2,24,25,27)(H,26,28,33)/t8?,9?,11-,13-,14-,15-,20-,21-,42?,43?/m1/s1. The quantitative estimate of drug-likeness (QED) is 0.147. The maximum atomic E-state index is 16.0. The second kappa shape index (κ2) is 11.5. The normalized spacial score (nSPS) is 37.7. The molecule has 7 rings (SSSR count). The molecule has 45 heavy (non-hydrogen) atoms. The third kappa shape index (κ3) is 5.62. The number of alkyl halides is 1. The number of nitrogen functional groups attached to an aromatic ring is 1. The molecule has 2 bridgehead atoms. The number of imidazole rings is 1. The first kappa shape index (κ1) is 31.5. The van der Waals surface area contributed by atoms with Crippen LogP contribution in [0.3, 0.4) is 0 Å². The van der Waals surface area contributed by atoms with Crippen molar-refractivity contribution in [1.82, 2.24) is 34.1 Å². The monoisotopic (exact) mass is 726 g/mol. The Kier molecular flexibility index (Phi) is 8.07. The topological polar surface area (TPSA) is 230 Å². The largest absolute Gasteiger partial charge is 0.387 e. The summed E-state index contributed by atoms with van der Waals surface area (Å²) in [5, 5.41) is 11.2. The lowest BCUT2D eigenvalue weighted by Crippen LogP contribution is -2.35. The van der Waals surface area contributed by atoms with Crippen LogP contribution in [0.1, 0.15) is 12.5 Å². The zero-order valence-corrected chi connectivity index (χ0v) is 26.6. The first-order valence-corrected chi connectivity index (χ1v) is 18.7. The van der Waals surface area contributed by atoms with Gasteiger partial charge in [-0.3, -0.25) is 27.5 Å². The molecule has 10 atom stereocenters. The van der Waals surface area contributed by atoms with Gasteiger partial charge in [0.05, 0.1) is 30.9 Å². The van der Waals surface area contributed by atoms with E-state index in [9.17, 15) is 19.0 Å². The predicted molar refractivity (Wildman–Crippen MR) is 159 cm³/mol. The van der Waals surface area contributed by atoms with Crippen LogP contribution in [0.25, 0.3) is 22.2 Å². The molecule has 18 nitrogen and oxygen atoms in total. The molecular formula is C21H22ClFN8O10P2S2. The fraction of sp³-hybridized carbons (Fsp3) is 0.476. The average Bonchev–Trinajstić information content (AvgIpc) is 3.71. The van der Waals surface area contributed by atoms with Crippen LogP contribution in [-0.2, 0) is 36.7 Å². The number of hydrogen-bond donors (Lipinski definition) is 5. The number of halogens is 2. The zero-order valence-electron chi connectivity index (χ0n) is 22.3. The van der Waals surface area contributed by atoms with E-state index in [1.54, 1.807) is 0 Å². The number of nitrogens with zero attached hydrogens (tertiary/aromatic N) is 6. The van der Waals surface area contributed by atoms with Crippen molar-refractivity contribution in [1.29, 1.82) is 0 Å². The van der Waals surface area contributed by atoms with Crippen molar-refractivity contribution in [2.75, 3.05) is 18.9 Å². The van der Waals surface area contributed by atoms with Gasteiger partial charge in [0.2, 0.25) is 0 Å². The molecule has 4 N–H and O–H groups in total. The Morgan fingerprint density at radius 2 is 1.69 bits per heavy atom. The number of aromatic amines is 1. The van der Waals surface area contributed by atoms with Gasteiger partial charge in [0, 0.05) is 6.20 Å². The highest BCUT2D eigenvalue weighted by atomic mass is 35.5. The molecule has 0 amide bonds. The highest BCUT2D eigenvalue weighted by Gasteiger charge is 2.54. The van der Waals surface area contributed by atoms with E-state index in [0.717, 1.165) is 12.7 Å². The molecule has 3 aliphatic heterocycles. The minimum Gasteiger partial charge on any atom is -0.387 e. The summed E-state index contributed by atoms with van der Waals surface area (Å²) in [5.74, 6) is 0.0471. The molecule has 3 aliphatic rings. The molecule has 242 valence electrons. The Labute approximate surface area is 266 Å². The van der Waals surface area contributed by atoms with Crippen LogP contribution in [0.2, 0.25) is 5.02 Å². The SMILES string of the molecule is Nc1ncnc2c1ncn2[C@@H]1OC2COP(=O)(S)O[C@@H]3[C@H](O)C(COP(=O)(S)O[C@H]2[C@H]1F)O[C@H]3n1cc(Cl)c2c(=O)[nH]cnc21. The number of aromatic nitrogens is 7. The molecule has 0 aromatic carbocycles. The van der Waals surface area contributed by atoms with Gasteiger partial charge in [-0.15, -0.1) is 0 Å². The van der Waals surface area contributed by atoms with Crippen LogP contribution < -0.4 is 11.3 Å². The molecule has 0 aliphatic carbocycles. The van der Waals surface area contributed by atoms with Crippen LogP contribution in [0.5, 0.6) is 0 Å². The van der Waals surface area contributed by atoms with Gasteiger partial charge in [-0.2, -0.15) is 0 Å². The molecule has 0 radical (unpaired) electrons. The summed E-state index contributed by atoms with van der Waals surface area (Å²) in [5.41, 5.74) is 5.67. The predicted octanol–water partition coefficient (Wildman–Crippen LogP) is 2.19. The number of H-pyrrole nitrogens is 1. The third-order valence-electron chi connectivity index (χ3n) is 7.40. The Balaban J connectivity index is 1.21. The fourth-order valence-corrected chi connectivity index (χ4v) is 8.59. The number of rotatable bonds is 2. The lowest BCUT2D eigenvalue weighted by Gasteiger charge is -2.26. The molecule has 4 aromatic heterocycles. The van der Waals surface area contributed by atoms with Crippen LogP contribution in [0.15, 0.2) is 30.0 Å². The van der Waals surface area contributed by atoms with Gasteiger partial charge < -0.3 is 29.9 Å². The van der Waals surface area contributed by atoms with Crippen molar-refractivity contribution in [2.45, 2.75) is 49.1 Å². The van der Waals surface area contributed by atoms with Crippen molar-refractivity contribution in [3.63, 3.8) is 0 Å². The van der Waals surface area contributed by atoms with E-state index >= 15 is 4.39 Å². The van der Waals surface area contributed by atoms with Gasteiger partial charge in [-0.05, 0) is 0 Å². The van der Waals surface area contributed by atoms with Gasteiger partial charge >= 0.3 is 13.6 Å². The van der Waals surface area contributed by atoms with Crippen molar-refractivity contribution in [3.8, 4) is 0 Å². The van der Waals surface area contributed by atoms with Crippen molar-refractivity contribution in [2.24, 2.45) is 0 Å². The van der Waals surface area contributed by atoms with Gasteiger partial charge in [-0.1, -0.05) is 36.1 Å². The van der Waals surface area contributed by atoms with E-state index in [2.05, 4.69) is 49.4 Å². The molecule has 4 unspecified atom stereocenters. The zero-order chi connectivity index (χ0) is 31.8. The summed E-state index contributed by atoms with van der Waals surface area (Å²) in [6, 6.07) is 0. The molecular weight excluding hydrogens is 705 g/mol. The van der Waals surface area contributed by atoms with E-state index in [0.29, 0.717) is 0 Å². The lowest BCUT2D eigenvalue weighted by atomic mass is 10.1. The molecule has 0 saturated carbocycles. The lowest BCUT2D eigenvalue weighted by molar-refractivity contribution is -0.0566. The first-order valence-electron chi connectivity index (χ1n) is 12.9. The van der Waals surface area contributed by atoms with Gasteiger partial charge in [0.25, 0.3) is 5.56 Å². The number of nitrogens with one attached hydrogen (secondary N) is 1. The van der Waals surface area contributed by atoms with Crippen LogP contribution in [-0.4, -0.2) is 89.1 Å². The van der Waals surface area contributed by atoms with Crippen LogP contribution in [0.4, 0.5) is 10.2 Å². The Morgan fingerprint density at radius 1 is 1.00 bits per heavy atom. The molecule has 3 fully saturated rings. The number of hydrogen-bond acceptors (Lipinski definition) is 15. The Hall–Kier alpha value is -2.13. The van der Waals surface area contributed by atoms with E-state index in [-0.39, 0.29) is 33.0 Å². The van der Waals surface area contributed by atoms with Crippen molar-refractivity contribution in [3.05, 3.63) is 40.6 Å². The maximum absolute atomic E-state index is 16.0. The second-order valence-electron chi connectivity index (χ2n) is 10.1. The minimum absolute atomic E-state index is 0.00318. The van der Waals surface area contributed by atoms with Crippen molar-refractivity contribution >= 4 is 77.7 Å². The number of thiol groups is 2. The fourth-order valence-electron chi connectivity index (χ4n) is 5.37. The summed E-state index contributed by atoms with van der Waals surface area (Å²) in [7, 11) is 0. The van der Waals surface area contributed by atoms with Gasteiger partial charge in [0.1, 0.15) is 47.8 Å². The Bertz CT molecular complexity index is 1950. The van der Waals surface area contributed by atoms with Crippen LogP contribution in [0, 0.1) is 0 Å². The third-order valence-corrected chi connectivity index (χ3v) is 10.9. The average molecular weight is 727 g/mol. The molecule has 3 saturated heterocycles. The molecule has 7 heterocycles. The smallest absolute Gasteiger partial charge is 0.386 e. The van der Waals surface area contributed by atoms with E-state index in [1.807, 2.05) is 0 Å². The number of nitrogens with two attached hydrogens (primary N) is 1. The van der Waals surface area contributed by atoms with Crippen LogP contribution >= 0.6 is 49.7 Å². The summed E-state index contributed by atoms with van der Waals surface area (Å²) in [6.45, 7) is -10.1. The van der Waals surface area contributed by atoms with Crippen molar-refractivity contribution < 1.29 is 46.2 Å². The number of ether oxygens (including phenoxy) is 2. The van der Waals surface area contributed by atoms with E-state index in [1.165, 1.54) is 21.7 Å². The maximum Gasteiger partial charge on any atom is 0.386 e. The van der Waals surface area contributed by atoms with E-state index < -0.39 is 81.5 Å². The number of fused-ring (bicyclic) bond motifs is 5.